The summed E-state index contributed by atoms with van der Waals surface area (Å²) < 4.78 is 13.5. The highest BCUT2D eigenvalue weighted by molar-refractivity contribution is 6.34. The Morgan fingerprint density at radius 3 is 2.51 bits per heavy atom. The van der Waals surface area contributed by atoms with Gasteiger partial charge >= 0.3 is 6.09 Å². The number of hydrogen-bond acceptors (Lipinski definition) is 8. The summed E-state index contributed by atoms with van der Waals surface area (Å²) >= 11 is 13.1. The number of rotatable bonds is 7. The normalized spacial score (nSPS) is 14.4. The van der Waals surface area contributed by atoms with Crippen LogP contribution in [-0.4, -0.2) is 85.3 Å². The molecule has 3 aromatic heterocycles. The fourth-order valence-corrected chi connectivity index (χ4v) is 5.08. The van der Waals surface area contributed by atoms with Gasteiger partial charge in [0.2, 0.25) is 0 Å². The van der Waals surface area contributed by atoms with Gasteiger partial charge in [0.15, 0.2) is 10.8 Å². The molecular formula is C29H33Cl2N7O3. The second kappa shape index (κ2) is 12.2. The first kappa shape index (κ1) is 29.0. The lowest BCUT2D eigenvalue weighted by molar-refractivity contribution is 0.0137. The van der Waals surface area contributed by atoms with Crippen LogP contribution in [0.3, 0.4) is 0 Å². The molecule has 0 aliphatic carbocycles. The van der Waals surface area contributed by atoms with E-state index in [4.69, 9.17) is 37.7 Å². The number of aryl methyl sites for hydroxylation is 1. The standard InChI is InChI=1S/C29H33Cl2N7O3/c1-19-7-8-32-20(15-19)17-38-26(35-24-25(31)33-18-34-27(24)38)22-6-5-21(16-23(22)30)40-14-13-36-9-11-37(12-10-36)28(39)41-29(2,3)4/h5-8,15-16,18H,9-14,17H2,1-4H3. The van der Waals surface area contributed by atoms with E-state index in [-0.39, 0.29) is 11.2 Å². The third kappa shape index (κ3) is 7.06. The third-order valence-electron chi connectivity index (χ3n) is 6.66. The van der Waals surface area contributed by atoms with Crippen molar-refractivity contribution >= 4 is 40.5 Å². The molecular weight excluding hydrogens is 565 g/mol. The summed E-state index contributed by atoms with van der Waals surface area (Å²) in [7, 11) is 0. The summed E-state index contributed by atoms with van der Waals surface area (Å²) in [6.07, 6.45) is 2.94. The Bertz CT molecular complexity index is 1550. The van der Waals surface area contributed by atoms with Crippen molar-refractivity contribution in [3.8, 4) is 17.1 Å². The maximum absolute atomic E-state index is 12.3. The maximum Gasteiger partial charge on any atom is 0.410 e. The Morgan fingerprint density at radius 2 is 1.80 bits per heavy atom. The highest BCUT2D eigenvalue weighted by atomic mass is 35.5. The number of pyridine rings is 1. The number of nitrogens with zero attached hydrogens (tertiary/aromatic N) is 7. The zero-order chi connectivity index (χ0) is 29.1. The van der Waals surface area contributed by atoms with E-state index in [1.54, 1.807) is 17.2 Å². The van der Waals surface area contributed by atoms with Gasteiger partial charge < -0.3 is 18.9 Å². The van der Waals surface area contributed by atoms with Gasteiger partial charge in [-0.25, -0.2) is 19.7 Å². The Kier molecular flexibility index (Phi) is 8.63. The summed E-state index contributed by atoms with van der Waals surface area (Å²) in [5.74, 6) is 1.28. The molecule has 1 aliphatic heterocycles. The first-order valence-electron chi connectivity index (χ1n) is 13.5. The van der Waals surface area contributed by atoms with Gasteiger partial charge in [-0.05, 0) is 63.6 Å². The molecule has 4 heterocycles. The minimum Gasteiger partial charge on any atom is -0.492 e. The largest absolute Gasteiger partial charge is 0.492 e. The van der Waals surface area contributed by atoms with Crippen LogP contribution >= 0.6 is 23.2 Å². The molecule has 5 rings (SSSR count). The van der Waals surface area contributed by atoms with E-state index in [1.165, 1.54) is 6.33 Å². The first-order valence-corrected chi connectivity index (χ1v) is 14.2. The van der Waals surface area contributed by atoms with Gasteiger partial charge in [-0.2, -0.15) is 0 Å². The molecule has 1 aliphatic rings. The van der Waals surface area contributed by atoms with Crippen LogP contribution < -0.4 is 4.74 Å². The Morgan fingerprint density at radius 1 is 1.02 bits per heavy atom. The highest BCUT2D eigenvalue weighted by Crippen LogP contribution is 2.34. The lowest BCUT2D eigenvalue weighted by Gasteiger charge is -2.35. The smallest absolute Gasteiger partial charge is 0.410 e. The zero-order valence-electron chi connectivity index (χ0n) is 23.6. The van der Waals surface area contributed by atoms with Gasteiger partial charge in [-0.1, -0.05) is 23.2 Å². The van der Waals surface area contributed by atoms with Crippen LogP contribution in [-0.2, 0) is 11.3 Å². The van der Waals surface area contributed by atoms with Gasteiger partial charge in [0.25, 0.3) is 0 Å². The average Bonchev–Trinajstić information content (AvgIpc) is 3.27. The van der Waals surface area contributed by atoms with Gasteiger partial charge in [0.05, 0.1) is 17.3 Å². The topological polar surface area (TPSA) is 98.5 Å². The molecule has 1 aromatic carbocycles. The van der Waals surface area contributed by atoms with Crippen molar-refractivity contribution in [1.29, 1.82) is 0 Å². The van der Waals surface area contributed by atoms with Crippen molar-refractivity contribution in [2.24, 2.45) is 0 Å². The number of carbonyl (C=O) groups excluding carboxylic acids is 1. The van der Waals surface area contributed by atoms with Crippen LogP contribution in [0.25, 0.3) is 22.6 Å². The molecule has 1 saturated heterocycles. The lowest BCUT2D eigenvalue weighted by atomic mass is 10.2. The van der Waals surface area contributed by atoms with Gasteiger partial charge in [0, 0.05) is 44.5 Å². The summed E-state index contributed by atoms with van der Waals surface area (Å²) in [6.45, 7) is 12.1. The molecule has 1 amide bonds. The zero-order valence-corrected chi connectivity index (χ0v) is 25.1. The minimum absolute atomic E-state index is 0.263. The number of amides is 1. The molecule has 216 valence electrons. The van der Waals surface area contributed by atoms with E-state index in [0.717, 1.165) is 36.5 Å². The Balaban J connectivity index is 1.25. The summed E-state index contributed by atoms with van der Waals surface area (Å²) in [5.41, 5.74) is 3.30. The second-order valence-electron chi connectivity index (χ2n) is 11.0. The average molecular weight is 599 g/mol. The number of ether oxygens (including phenoxy) is 2. The van der Waals surface area contributed by atoms with Crippen molar-refractivity contribution in [3.05, 3.63) is 64.3 Å². The van der Waals surface area contributed by atoms with Crippen LogP contribution in [0.4, 0.5) is 4.79 Å². The number of imidazole rings is 1. The van der Waals surface area contributed by atoms with Crippen molar-refractivity contribution in [2.45, 2.75) is 39.8 Å². The van der Waals surface area contributed by atoms with E-state index in [1.807, 2.05) is 56.5 Å². The predicted molar refractivity (Wildman–Crippen MR) is 159 cm³/mol. The SMILES string of the molecule is Cc1ccnc(Cn2c(-c3ccc(OCCN4CCN(C(=O)OC(C)(C)C)CC4)cc3Cl)nc3c(Cl)ncnc32)c1. The molecule has 41 heavy (non-hydrogen) atoms. The van der Waals surface area contributed by atoms with Crippen LogP contribution in [0.15, 0.2) is 42.9 Å². The molecule has 1 fully saturated rings. The van der Waals surface area contributed by atoms with Crippen molar-refractivity contribution in [3.63, 3.8) is 0 Å². The number of piperazine rings is 1. The van der Waals surface area contributed by atoms with Gasteiger partial charge in [0.1, 0.15) is 35.6 Å². The number of fused-ring (bicyclic) bond motifs is 1. The minimum atomic E-state index is -0.495. The highest BCUT2D eigenvalue weighted by Gasteiger charge is 2.26. The van der Waals surface area contributed by atoms with Crippen LogP contribution in [0.2, 0.25) is 10.2 Å². The predicted octanol–water partition coefficient (Wildman–Crippen LogP) is 5.48. The van der Waals surface area contributed by atoms with Crippen LogP contribution in [0.5, 0.6) is 5.75 Å². The molecule has 0 radical (unpaired) electrons. The van der Waals surface area contributed by atoms with Gasteiger partial charge in [-0.3, -0.25) is 9.88 Å². The van der Waals surface area contributed by atoms with E-state index >= 15 is 0 Å². The molecule has 0 N–H and O–H groups in total. The second-order valence-corrected chi connectivity index (χ2v) is 11.7. The fourth-order valence-electron chi connectivity index (χ4n) is 4.65. The van der Waals surface area contributed by atoms with Crippen LogP contribution in [0, 0.1) is 6.92 Å². The van der Waals surface area contributed by atoms with E-state index in [9.17, 15) is 4.79 Å². The summed E-state index contributed by atoms with van der Waals surface area (Å²) in [5, 5.41) is 0.765. The molecule has 0 spiro atoms. The van der Waals surface area contributed by atoms with Crippen molar-refractivity contribution in [1.82, 2.24) is 34.3 Å². The number of hydrogen-bond donors (Lipinski definition) is 0. The summed E-state index contributed by atoms with van der Waals surface area (Å²) in [4.78, 5) is 34.1. The monoisotopic (exact) mass is 597 g/mol. The van der Waals surface area contributed by atoms with E-state index < -0.39 is 5.60 Å². The maximum atomic E-state index is 12.3. The van der Waals surface area contributed by atoms with E-state index in [0.29, 0.717) is 54.0 Å². The molecule has 0 bridgehead atoms. The lowest BCUT2D eigenvalue weighted by Crippen LogP contribution is -2.50. The van der Waals surface area contributed by atoms with Crippen LogP contribution in [0.1, 0.15) is 32.0 Å². The Labute approximate surface area is 249 Å². The van der Waals surface area contributed by atoms with Crippen molar-refractivity contribution < 1.29 is 14.3 Å². The molecule has 4 aromatic rings. The molecule has 0 unspecified atom stereocenters. The third-order valence-corrected chi connectivity index (χ3v) is 7.25. The molecule has 0 saturated carbocycles. The molecule has 12 heteroatoms. The number of carbonyl (C=O) groups is 1. The fraction of sp³-hybridized carbons (Fsp3) is 0.414. The summed E-state index contributed by atoms with van der Waals surface area (Å²) in [6, 6.07) is 9.53. The first-order chi connectivity index (χ1) is 19.6. The van der Waals surface area contributed by atoms with Crippen molar-refractivity contribution in [2.75, 3.05) is 39.3 Å². The number of halogens is 2. The number of benzene rings is 1. The quantitative estimate of drug-likeness (QED) is 0.258. The molecule has 0 atom stereocenters. The Hall–Kier alpha value is -3.47. The number of aromatic nitrogens is 5. The van der Waals surface area contributed by atoms with E-state index in [2.05, 4.69) is 19.9 Å². The molecule has 10 nitrogen and oxygen atoms in total. The van der Waals surface area contributed by atoms with Gasteiger partial charge in [-0.15, -0.1) is 0 Å².